The fourth-order valence-electron chi connectivity index (χ4n) is 2.67. The molecule has 2 atom stereocenters. The van der Waals surface area contributed by atoms with Gasteiger partial charge in [-0.3, -0.25) is 10.1 Å². The quantitative estimate of drug-likeness (QED) is 0.670. The van der Waals surface area contributed by atoms with E-state index in [2.05, 4.69) is 20.8 Å². The summed E-state index contributed by atoms with van der Waals surface area (Å²) in [5.41, 5.74) is 6.95. The van der Waals surface area contributed by atoms with Gasteiger partial charge in [0, 0.05) is 29.5 Å². The number of rotatable bonds is 5. The van der Waals surface area contributed by atoms with Gasteiger partial charge in [-0.2, -0.15) is 0 Å². The Balaban J connectivity index is 0.00000200. The molecule has 0 heterocycles. The molecule has 5 nitrogen and oxygen atoms in total. The molecule has 6 heteroatoms. The van der Waals surface area contributed by atoms with Crippen molar-refractivity contribution in [2.45, 2.75) is 33.5 Å². The Bertz CT molecular complexity index is 490. The first-order chi connectivity index (χ1) is 8.83. The van der Waals surface area contributed by atoms with Crippen molar-refractivity contribution in [1.29, 1.82) is 0 Å². The minimum atomic E-state index is -0.403. The molecule has 0 aliphatic heterocycles. The topological polar surface area (TPSA) is 78.4 Å². The van der Waals surface area contributed by atoms with E-state index in [0.717, 1.165) is 5.56 Å². The van der Waals surface area contributed by atoms with Crippen molar-refractivity contribution < 1.29 is 9.66 Å². The zero-order chi connectivity index (χ0) is 14.3. The summed E-state index contributed by atoms with van der Waals surface area (Å²) in [6.07, 6.45) is 0.139. The normalized spacial score (nSPS) is 26.7. The molecule has 0 spiro atoms. The minimum Gasteiger partial charge on any atom is -0.372 e. The largest absolute Gasteiger partial charge is 0.372 e. The van der Waals surface area contributed by atoms with Gasteiger partial charge in [0.05, 0.1) is 17.6 Å². The standard InChI is InChI=1S/C14H20N2O3.ClH/c1-13(2)12(14(13,3)9-15)19-8-10-4-6-11(7-5-10)16(17)18;/h4-7,12H,8-9,15H2,1-3H3;1H. The molecule has 1 aromatic rings. The van der Waals surface area contributed by atoms with Crippen LogP contribution in [0.15, 0.2) is 24.3 Å². The third-order valence-electron chi connectivity index (χ3n) is 4.61. The Morgan fingerprint density at radius 3 is 2.25 bits per heavy atom. The lowest BCUT2D eigenvalue weighted by Gasteiger charge is -2.09. The number of ether oxygens (including phenoxy) is 1. The zero-order valence-electron chi connectivity index (χ0n) is 12.0. The summed E-state index contributed by atoms with van der Waals surface area (Å²) < 4.78 is 5.91. The molecule has 0 saturated heterocycles. The van der Waals surface area contributed by atoms with Crippen LogP contribution in [-0.2, 0) is 11.3 Å². The van der Waals surface area contributed by atoms with Gasteiger partial charge in [0.25, 0.3) is 5.69 Å². The van der Waals surface area contributed by atoms with E-state index < -0.39 is 4.92 Å². The average Bonchev–Trinajstić information content (AvgIpc) is 2.81. The number of non-ortho nitro benzene ring substituents is 1. The van der Waals surface area contributed by atoms with Crippen molar-refractivity contribution in [2.24, 2.45) is 16.6 Å². The van der Waals surface area contributed by atoms with Gasteiger partial charge in [-0.15, -0.1) is 12.4 Å². The molecular weight excluding hydrogens is 280 g/mol. The van der Waals surface area contributed by atoms with E-state index in [9.17, 15) is 10.1 Å². The number of nitrogens with two attached hydrogens (primary N) is 1. The number of nitro groups is 1. The third kappa shape index (κ3) is 2.66. The summed E-state index contributed by atoms with van der Waals surface area (Å²) in [5.74, 6) is 0. The lowest BCUT2D eigenvalue weighted by molar-refractivity contribution is -0.384. The number of hydrogen-bond acceptors (Lipinski definition) is 4. The highest BCUT2D eigenvalue weighted by Gasteiger charge is 2.68. The molecule has 1 fully saturated rings. The van der Waals surface area contributed by atoms with E-state index in [1.165, 1.54) is 12.1 Å². The molecular formula is C14H21ClN2O3. The molecule has 2 rings (SSSR count). The van der Waals surface area contributed by atoms with Crippen molar-refractivity contribution in [1.82, 2.24) is 0 Å². The molecule has 20 heavy (non-hydrogen) atoms. The SMILES string of the molecule is CC1(C)C(OCc2ccc([N+](=O)[O-])cc2)C1(C)CN.Cl. The van der Waals surface area contributed by atoms with Crippen LogP contribution in [0, 0.1) is 20.9 Å². The molecule has 112 valence electrons. The fourth-order valence-corrected chi connectivity index (χ4v) is 2.67. The molecule has 1 aliphatic rings. The van der Waals surface area contributed by atoms with Gasteiger partial charge in [0.2, 0.25) is 0 Å². The maximum atomic E-state index is 10.6. The van der Waals surface area contributed by atoms with Crippen LogP contribution in [0.5, 0.6) is 0 Å². The Hall–Kier alpha value is -1.17. The molecule has 1 aromatic carbocycles. The first-order valence-electron chi connectivity index (χ1n) is 6.38. The van der Waals surface area contributed by atoms with Crippen LogP contribution in [-0.4, -0.2) is 17.6 Å². The van der Waals surface area contributed by atoms with Crippen molar-refractivity contribution in [3.63, 3.8) is 0 Å². The van der Waals surface area contributed by atoms with Crippen molar-refractivity contribution in [2.75, 3.05) is 6.54 Å². The van der Waals surface area contributed by atoms with Gasteiger partial charge in [0.1, 0.15) is 0 Å². The number of nitrogens with zero attached hydrogens (tertiary/aromatic N) is 1. The lowest BCUT2D eigenvalue weighted by Crippen LogP contribution is -2.18. The van der Waals surface area contributed by atoms with Gasteiger partial charge in [-0.05, 0) is 17.7 Å². The maximum absolute atomic E-state index is 10.6. The second-order valence-electron chi connectivity index (χ2n) is 5.96. The van der Waals surface area contributed by atoms with Crippen LogP contribution in [0.1, 0.15) is 26.3 Å². The van der Waals surface area contributed by atoms with Crippen molar-refractivity contribution in [3.05, 3.63) is 39.9 Å². The molecule has 0 bridgehead atoms. The smallest absolute Gasteiger partial charge is 0.269 e. The van der Waals surface area contributed by atoms with Crippen LogP contribution in [0.2, 0.25) is 0 Å². The molecule has 2 N–H and O–H groups in total. The highest BCUT2D eigenvalue weighted by atomic mass is 35.5. The third-order valence-corrected chi connectivity index (χ3v) is 4.61. The molecule has 1 aliphatic carbocycles. The van der Waals surface area contributed by atoms with Crippen molar-refractivity contribution >= 4 is 18.1 Å². The number of halogens is 1. The van der Waals surface area contributed by atoms with Crippen LogP contribution in [0.4, 0.5) is 5.69 Å². The Morgan fingerprint density at radius 1 is 1.30 bits per heavy atom. The zero-order valence-corrected chi connectivity index (χ0v) is 12.8. The minimum absolute atomic E-state index is 0. The molecule has 0 amide bonds. The van der Waals surface area contributed by atoms with Crippen LogP contribution >= 0.6 is 12.4 Å². The van der Waals surface area contributed by atoms with Gasteiger partial charge in [-0.1, -0.05) is 20.8 Å². The van der Waals surface area contributed by atoms with Gasteiger partial charge < -0.3 is 10.5 Å². The first-order valence-corrected chi connectivity index (χ1v) is 6.38. The number of benzene rings is 1. The highest BCUT2D eigenvalue weighted by molar-refractivity contribution is 5.85. The van der Waals surface area contributed by atoms with Crippen LogP contribution < -0.4 is 5.73 Å². The van der Waals surface area contributed by atoms with Crippen LogP contribution in [0.3, 0.4) is 0 Å². The maximum Gasteiger partial charge on any atom is 0.269 e. The second kappa shape index (κ2) is 5.68. The summed E-state index contributed by atoms with van der Waals surface area (Å²) in [4.78, 5) is 10.2. The summed E-state index contributed by atoms with van der Waals surface area (Å²) in [6.45, 7) is 7.50. The van der Waals surface area contributed by atoms with E-state index in [0.29, 0.717) is 13.2 Å². The van der Waals surface area contributed by atoms with E-state index >= 15 is 0 Å². The first kappa shape index (κ1) is 16.9. The average molecular weight is 301 g/mol. The summed E-state index contributed by atoms with van der Waals surface area (Å²) in [7, 11) is 0. The summed E-state index contributed by atoms with van der Waals surface area (Å²) in [5, 5.41) is 10.6. The van der Waals surface area contributed by atoms with Crippen molar-refractivity contribution in [3.8, 4) is 0 Å². The van der Waals surface area contributed by atoms with E-state index in [4.69, 9.17) is 10.5 Å². The molecule has 0 radical (unpaired) electrons. The fraction of sp³-hybridized carbons (Fsp3) is 0.571. The van der Waals surface area contributed by atoms with Gasteiger partial charge >= 0.3 is 0 Å². The number of nitro benzene ring substituents is 1. The van der Waals surface area contributed by atoms with Crippen LogP contribution in [0.25, 0.3) is 0 Å². The second-order valence-corrected chi connectivity index (χ2v) is 5.96. The Labute approximate surface area is 125 Å². The predicted molar refractivity (Wildman–Crippen MR) is 79.9 cm³/mol. The Kier molecular flexibility index (Phi) is 4.79. The number of hydrogen-bond donors (Lipinski definition) is 1. The lowest BCUT2D eigenvalue weighted by atomic mass is 9.99. The molecule has 2 unspecified atom stereocenters. The van der Waals surface area contributed by atoms with E-state index in [1.807, 2.05) is 0 Å². The van der Waals surface area contributed by atoms with Gasteiger partial charge in [-0.25, -0.2) is 0 Å². The monoisotopic (exact) mass is 300 g/mol. The predicted octanol–water partition coefficient (Wildman–Crippen LogP) is 2.91. The summed E-state index contributed by atoms with van der Waals surface area (Å²) >= 11 is 0. The molecule has 0 aromatic heterocycles. The van der Waals surface area contributed by atoms with E-state index in [-0.39, 0.29) is 35.0 Å². The van der Waals surface area contributed by atoms with E-state index in [1.54, 1.807) is 12.1 Å². The summed E-state index contributed by atoms with van der Waals surface area (Å²) in [6, 6.07) is 6.46. The van der Waals surface area contributed by atoms with Gasteiger partial charge in [0.15, 0.2) is 0 Å². The highest BCUT2D eigenvalue weighted by Crippen LogP contribution is 2.64. The Morgan fingerprint density at radius 2 is 1.85 bits per heavy atom. The molecule has 1 saturated carbocycles.